The lowest BCUT2D eigenvalue weighted by Crippen LogP contribution is -2.10. The largest absolute Gasteiger partial charge is 0.490 e. The van der Waals surface area contributed by atoms with Gasteiger partial charge in [-0.15, -0.1) is 11.3 Å². The smallest absolute Gasteiger partial charge is 0.293 e. The molecule has 0 spiro atoms. The molecule has 7 heteroatoms. The van der Waals surface area contributed by atoms with Crippen LogP contribution in [0.2, 0.25) is 0 Å². The van der Waals surface area contributed by atoms with E-state index >= 15 is 0 Å². The molecular weight excluding hydrogens is 374 g/mol. The molecule has 1 N–H and O–H groups in total. The average Bonchev–Trinajstić information content (AvgIpc) is 3.36. The van der Waals surface area contributed by atoms with E-state index in [1.165, 1.54) is 11.3 Å². The highest BCUT2D eigenvalue weighted by molar-refractivity contribution is 7.14. The van der Waals surface area contributed by atoms with E-state index < -0.39 is 0 Å². The lowest BCUT2D eigenvalue weighted by molar-refractivity contribution is 0.0998. The highest BCUT2D eigenvalue weighted by Gasteiger charge is 2.16. The van der Waals surface area contributed by atoms with Gasteiger partial charge in [0.15, 0.2) is 22.2 Å². The standard InChI is InChI=1S/C21H15N3O3S/c1-2-26-17-5-3-4-15-10-18(27-19(15)17)20(25)24-21-23-16(12-28-21)14-8-6-13(11-22)7-9-14/h3-10,12H,2H2,1H3,(H,23,24,25). The minimum Gasteiger partial charge on any atom is -0.490 e. The minimum atomic E-state index is -0.376. The number of nitrogens with zero attached hydrogens (tertiary/aromatic N) is 2. The van der Waals surface area contributed by atoms with Gasteiger partial charge in [0.25, 0.3) is 5.91 Å². The van der Waals surface area contributed by atoms with Gasteiger partial charge in [-0.05, 0) is 31.2 Å². The van der Waals surface area contributed by atoms with Crippen molar-refractivity contribution in [2.24, 2.45) is 0 Å². The Morgan fingerprint density at radius 3 is 2.86 bits per heavy atom. The van der Waals surface area contributed by atoms with Gasteiger partial charge in [0.2, 0.25) is 0 Å². The number of carbonyl (C=O) groups excluding carboxylic acids is 1. The van der Waals surface area contributed by atoms with Gasteiger partial charge in [-0.3, -0.25) is 10.1 Å². The van der Waals surface area contributed by atoms with Gasteiger partial charge in [-0.1, -0.05) is 24.3 Å². The molecule has 0 aliphatic heterocycles. The van der Waals surface area contributed by atoms with Crippen LogP contribution in [0.3, 0.4) is 0 Å². The number of hydrogen-bond acceptors (Lipinski definition) is 6. The van der Waals surface area contributed by atoms with Crippen molar-refractivity contribution in [2.75, 3.05) is 11.9 Å². The molecule has 138 valence electrons. The molecule has 0 aliphatic rings. The van der Waals surface area contributed by atoms with Gasteiger partial charge < -0.3 is 9.15 Å². The molecule has 28 heavy (non-hydrogen) atoms. The number of rotatable bonds is 5. The normalized spacial score (nSPS) is 10.6. The number of nitriles is 1. The van der Waals surface area contributed by atoms with Crippen molar-refractivity contribution < 1.29 is 13.9 Å². The van der Waals surface area contributed by atoms with Crippen molar-refractivity contribution in [3.05, 3.63) is 65.2 Å². The summed E-state index contributed by atoms with van der Waals surface area (Å²) in [6, 6.07) is 16.4. The monoisotopic (exact) mass is 389 g/mol. The quantitative estimate of drug-likeness (QED) is 0.514. The molecule has 6 nitrogen and oxygen atoms in total. The van der Waals surface area contributed by atoms with Crippen LogP contribution < -0.4 is 10.1 Å². The Bertz CT molecular complexity index is 1190. The third-order valence-corrected chi connectivity index (χ3v) is 4.82. The molecule has 0 saturated carbocycles. The number of furan rings is 1. The average molecular weight is 389 g/mol. The first kappa shape index (κ1) is 17.8. The zero-order chi connectivity index (χ0) is 19.5. The summed E-state index contributed by atoms with van der Waals surface area (Å²) in [5.41, 5.74) is 2.74. The predicted molar refractivity (Wildman–Crippen MR) is 108 cm³/mol. The number of amides is 1. The van der Waals surface area contributed by atoms with E-state index in [-0.39, 0.29) is 11.7 Å². The molecule has 0 bridgehead atoms. The van der Waals surface area contributed by atoms with E-state index in [1.807, 2.05) is 42.6 Å². The molecule has 4 aromatic rings. The molecule has 4 rings (SSSR count). The third kappa shape index (κ3) is 3.46. The predicted octanol–water partition coefficient (Wildman–Crippen LogP) is 5.08. The maximum atomic E-state index is 12.6. The molecule has 1 amide bonds. The zero-order valence-electron chi connectivity index (χ0n) is 14.9. The number of para-hydroxylation sites is 1. The first-order chi connectivity index (χ1) is 13.7. The van der Waals surface area contributed by atoms with Crippen LogP contribution in [-0.2, 0) is 0 Å². The van der Waals surface area contributed by atoms with Crippen molar-refractivity contribution >= 4 is 33.3 Å². The molecule has 0 fully saturated rings. The van der Waals surface area contributed by atoms with Crippen molar-refractivity contribution in [2.45, 2.75) is 6.92 Å². The number of hydrogen-bond donors (Lipinski definition) is 1. The fraction of sp³-hybridized carbons (Fsp3) is 0.0952. The Morgan fingerprint density at radius 2 is 2.11 bits per heavy atom. The Hall–Kier alpha value is -3.63. The van der Waals surface area contributed by atoms with Crippen molar-refractivity contribution in [1.82, 2.24) is 4.98 Å². The van der Waals surface area contributed by atoms with Crippen molar-refractivity contribution in [1.29, 1.82) is 5.26 Å². The highest BCUT2D eigenvalue weighted by atomic mass is 32.1. The van der Waals surface area contributed by atoms with Crippen LogP contribution in [-0.4, -0.2) is 17.5 Å². The van der Waals surface area contributed by atoms with Crippen LogP contribution in [0.25, 0.3) is 22.2 Å². The third-order valence-electron chi connectivity index (χ3n) is 4.07. The molecule has 0 radical (unpaired) electrons. The summed E-state index contributed by atoms with van der Waals surface area (Å²) in [5, 5.41) is 14.8. The Morgan fingerprint density at radius 1 is 1.29 bits per heavy atom. The maximum absolute atomic E-state index is 12.6. The van der Waals surface area contributed by atoms with E-state index in [4.69, 9.17) is 14.4 Å². The second-order valence-electron chi connectivity index (χ2n) is 5.90. The van der Waals surface area contributed by atoms with Gasteiger partial charge in [-0.25, -0.2) is 4.98 Å². The summed E-state index contributed by atoms with van der Waals surface area (Å²) in [5.74, 6) is 0.424. The molecule has 0 unspecified atom stereocenters. The number of fused-ring (bicyclic) bond motifs is 1. The number of carbonyl (C=O) groups is 1. The number of benzene rings is 2. The number of anilines is 1. The lowest BCUT2D eigenvalue weighted by atomic mass is 10.1. The molecule has 0 atom stereocenters. The fourth-order valence-electron chi connectivity index (χ4n) is 2.76. The SMILES string of the molecule is CCOc1cccc2cc(C(=O)Nc3nc(-c4ccc(C#N)cc4)cs3)oc12. The molecular formula is C21H15N3O3S. The van der Waals surface area contributed by atoms with E-state index in [1.54, 1.807) is 18.2 Å². The van der Waals surface area contributed by atoms with Crippen LogP contribution in [0, 0.1) is 11.3 Å². The molecule has 2 aromatic carbocycles. The van der Waals surface area contributed by atoms with Gasteiger partial charge in [0, 0.05) is 16.3 Å². The minimum absolute atomic E-state index is 0.192. The number of nitrogens with one attached hydrogen (secondary N) is 1. The summed E-state index contributed by atoms with van der Waals surface area (Å²) in [6.45, 7) is 2.40. The zero-order valence-corrected chi connectivity index (χ0v) is 15.7. The van der Waals surface area contributed by atoms with Gasteiger partial charge in [0.05, 0.1) is 23.9 Å². The molecule has 0 saturated heterocycles. The Balaban J connectivity index is 1.54. The first-order valence-electron chi connectivity index (χ1n) is 8.60. The molecule has 2 heterocycles. The lowest BCUT2D eigenvalue weighted by Gasteiger charge is -2.02. The van der Waals surface area contributed by atoms with Crippen LogP contribution in [0.15, 0.2) is 58.3 Å². The van der Waals surface area contributed by atoms with E-state index in [2.05, 4.69) is 16.4 Å². The van der Waals surface area contributed by atoms with Gasteiger partial charge >= 0.3 is 0 Å². The van der Waals surface area contributed by atoms with Gasteiger partial charge in [0.1, 0.15) is 0 Å². The summed E-state index contributed by atoms with van der Waals surface area (Å²) in [7, 11) is 0. The summed E-state index contributed by atoms with van der Waals surface area (Å²) < 4.78 is 11.3. The second-order valence-corrected chi connectivity index (χ2v) is 6.76. The van der Waals surface area contributed by atoms with E-state index in [0.29, 0.717) is 28.6 Å². The Kier molecular flexibility index (Phi) is 4.79. The van der Waals surface area contributed by atoms with Gasteiger partial charge in [-0.2, -0.15) is 5.26 Å². The highest BCUT2D eigenvalue weighted by Crippen LogP contribution is 2.30. The second kappa shape index (κ2) is 7.55. The van der Waals surface area contributed by atoms with Crippen LogP contribution in [0.5, 0.6) is 5.75 Å². The van der Waals surface area contributed by atoms with Crippen LogP contribution >= 0.6 is 11.3 Å². The fourth-order valence-corrected chi connectivity index (χ4v) is 3.47. The van der Waals surface area contributed by atoms with Crippen LogP contribution in [0.4, 0.5) is 5.13 Å². The van der Waals surface area contributed by atoms with Crippen molar-refractivity contribution in [3.63, 3.8) is 0 Å². The molecule has 0 aliphatic carbocycles. The summed E-state index contributed by atoms with van der Waals surface area (Å²) in [4.78, 5) is 17.0. The number of ether oxygens (including phenoxy) is 1. The summed E-state index contributed by atoms with van der Waals surface area (Å²) in [6.07, 6.45) is 0. The number of aromatic nitrogens is 1. The number of thiazole rings is 1. The topological polar surface area (TPSA) is 88.1 Å². The van der Waals surface area contributed by atoms with Crippen LogP contribution in [0.1, 0.15) is 23.0 Å². The molecule has 2 aromatic heterocycles. The van der Waals surface area contributed by atoms with E-state index in [0.717, 1.165) is 16.6 Å². The Labute approximate surface area is 165 Å². The summed E-state index contributed by atoms with van der Waals surface area (Å²) >= 11 is 1.32. The first-order valence-corrected chi connectivity index (χ1v) is 9.48. The van der Waals surface area contributed by atoms with Crippen molar-refractivity contribution in [3.8, 4) is 23.1 Å². The van der Waals surface area contributed by atoms with E-state index in [9.17, 15) is 4.79 Å². The maximum Gasteiger partial charge on any atom is 0.293 e.